The molecule has 0 aromatic carbocycles. The van der Waals surface area contributed by atoms with Gasteiger partial charge in [0.2, 0.25) is 0 Å². The molecule has 0 radical (unpaired) electrons. The van der Waals surface area contributed by atoms with Gasteiger partial charge in [0.25, 0.3) is 0 Å². The molecule has 0 aromatic rings. The summed E-state index contributed by atoms with van der Waals surface area (Å²) in [4.78, 5) is 12.6. The summed E-state index contributed by atoms with van der Waals surface area (Å²) in [5.74, 6) is -0.140. The molecule has 88 valence electrons. The predicted molar refractivity (Wildman–Crippen MR) is 57.7 cm³/mol. The maximum Gasteiger partial charge on any atom is 0.306 e. The van der Waals surface area contributed by atoms with E-state index in [9.17, 15) is 9.90 Å². The molecule has 0 saturated heterocycles. The van der Waals surface area contributed by atoms with Gasteiger partial charge in [0.05, 0.1) is 12.5 Å². The van der Waals surface area contributed by atoms with E-state index in [4.69, 9.17) is 5.11 Å². The molecule has 1 unspecified atom stereocenters. The van der Waals surface area contributed by atoms with Gasteiger partial charge >= 0.3 is 5.97 Å². The maximum absolute atomic E-state index is 10.4. The van der Waals surface area contributed by atoms with Crippen LogP contribution in [0.5, 0.6) is 0 Å². The predicted octanol–water partition coefficient (Wildman–Crippen LogP) is 0.944. The van der Waals surface area contributed by atoms with Gasteiger partial charge < -0.3 is 15.1 Å². The lowest BCUT2D eigenvalue weighted by Crippen LogP contribution is -2.35. The molecule has 0 amide bonds. The summed E-state index contributed by atoms with van der Waals surface area (Å²) in [6, 6.07) is 0. The number of rotatable bonds is 8. The van der Waals surface area contributed by atoms with Gasteiger partial charge in [0.1, 0.15) is 0 Å². The minimum absolute atomic E-state index is 0.148. The van der Waals surface area contributed by atoms with Crippen LogP contribution in [0.1, 0.15) is 32.6 Å². The molecule has 15 heavy (non-hydrogen) atoms. The second-order valence-corrected chi connectivity index (χ2v) is 4.45. The first-order chi connectivity index (χ1) is 7.11. The zero-order chi connectivity index (χ0) is 11.3. The molecule has 4 heteroatoms. The van der Waals surface area contributed by atoms with Crippen LogP contribution in [0.3, 0.4) is 0 Å². The molecule has 1 atom stereocenters. The van der Waals surface area contributed by atoms with Crippen molar-refractivity contribution in [2.75, 3.05) is 19.6 Å². The van der Waals surface area contributed by atoms with Crippen molar-refractivity contribution in [1.82, 2.24) is 4.90 Å². The van der Waals surface area contributed by atoms with E-state index in [1.165, 1.54) is 12.8 Å². The fourth-order valence-electron chi connectivity index (χ4n) is 1.80. The zero-order valence-corrected chi connectivity index (χ0v) is 9.35. The Bertz CT molecular complexity index is 204. The molecule has 0 aromatic heterocycles. The molecule has 0 spiro atoms. The Balaban J connectivity index is 2.24. The fourth-order valence-corrected chi connectivity index (χ4v) is 1.80. The lowest BCUT2D eigenvalue weighted by molar-refractivity contribution is -0.139. The Kier molecular flexibility index (Phi) is 5.05. The fraction of sp³-hybridized carbons (Fsp3) is 0.909. The van der Waals surface area contributed by atoms with Gasteiger partial charge in [-0.25, -0.2) is 0 Å². The van der Waals surface area contributed by atoms with E-state index >= 15 is 0 Å². The summed E-state index contributed by atoms with van der Waals surface area (Å²) in [5.41, 5.74) is 0. The molecular formula is C11H21NO3. The third-order valence-electron chi connectivity index (χ3n) is 2.63. The number of carboxylic acid groups (broad SMARTS) is 1. The third-order valence-corrected chi connectivity index (χ3v) is 2.63. The molecule has 0 bridgehead atoms. The van der Waals surface area contributed by atoms with Crippen LogP contribution in [0.25, 0.3) is 0 Å². The number of aliphatic hydroxyl groups excluding tert-OH is 1. The molecule has 4 nitrogen and oxygen atoms in total. The number of aliphatic carboxylic acids is 1. The minimum atomic E-state index is -0.926. The summed E-state index contributed by atoms with van der Waals surface area (Å²) in [6.45, 7) is 4.57. The SMILES string of the molecule is CCCN(CC(O)CC(=O)O)CC1CC1. The normalized spacial score (nSPS) is 18.1. The van der Waals surface area contributed by atoms with Gasteiger partial charge in [-0.05, 0) is 31.7 Å². The number of carbonyl (C=O) groups is 1. The lowest BCUT2D eigenvalue weighted by atomic mass is 10.2. The quantitative estimate of drug-likeness (QED) is 0.632. The Labute approximate surface area is 90.9 Å². The highest BCUT2D eigenvalue weighted by atomic mass is 16.4. The van der Waals surface area contributed by atoms with E-state index in [0.717, 1.165) is 25.4 Å². The van der Waals surface area contributed by atoms with Crippen molar-refractivity contribution in [1.29, 1.82) is 0 Å². The maximum atomic E-state index is 10.4. The van der Waals surface area contributed by atoms with Crippen LogP contribution in [0.4, 0.5) is 0 Å². The highest BCUT2D eigenvalue weighted by molar-refractivity contribution is 5.67. The second-order valence-electron chi connectivity index (χ2n) is 4.45. The van der Waals surface area contributed by atoms with Crippen LogP contribution in [0, 0.1) is 5.92 Å². The largest absolute Gasteiger partial charge is 0.481 e. The molecular weight excluding hydrogens is 194 g/mol. The smallest absolute Gasteiger partial charge is 0.306 e. The summed E-state index contributed by atoms with van der Waals surface area (Å²) in [7, 11) is 0. The van der Waals surface area contributed by atoms with Crippen molar-refractivity contribution in [3.63, 3.8) is 0 Å². The topological polar surface area (TPSA) is 60.8 Å². The number of hydrogen-bond acceptors (Lipinski definition) is 3. The highest BCUT2D eigenvalue weighted by Crippen LogP contribution is 2.29. The molecule has 1 aliphatic rings. The Morgan fingerprint density at radius 3 is 2.67 bits per heavy atom. The Morgan fingerprint density at radius 1 is 1.53 bits per heavy atom. The Morgan fingerprint density at radius 2 is 2.20 bits per heavy atom. The molecule has 0 heterocycles. The van der Waals surface area contributed by atoms with E-state index in [-0.39, 0.29) is 6.42 Å². The number of hydrogen-bond donors (Lipinski definition) is 2. The number of carboxylic acids is 1. The summed E-state index contributed by atoms with van der Waals surface area (Å²) < 4.78 is 0. The van der Waals surface area contributed by atoms with Crippen molar-refractivity contribution in [3.8, 4) is 0 Å². The second kappa shape index (κ2) is 6.08. The Hall–Kier alpha value is -0.610. The van der Waals surface area contributed by atoms with Crippen molar-refractivity contribution in [3.05, 3.63) is 0 Å². The van der Waals surface area contributed by atoms with Crippen LogP contribution in [0.2, 0.25) is 0 Å². The number of nitrogens with zero attached hydrogens (tertiary/aromatic N) is 1. The molecule has 1 fully saturated rings. The first kappa shape index (κ1) is 12.5. The third kappa shape index (κ3) is 5.74. The van der Waals surface area contributed by atoms with Crippen LogP contribution in [-0.4, -0.2) is 46.8 Å². The standard InChI is InChI=1S/C11H21NO3/c1-2-5-12(7-9-3-4-9)8-10(13)6-11(14)15/h9-10,13H,2-8H2,1H3,(H,14,15). The van der Waals surface area contributed by atoms with Gasteiger partial charge in [-0.15, -0.1) is 0 Å². The molecule has 2 N–H and O–H groups in total. The first-order valence-corrected chi connectivity index (χ1v) is 5.74. The van der Waals surface area contributed by atoms with Crippen LogP contribution in [-0.2, 0) is 4.79 Å². The van der Waals surface area contributed by atoms with E-state index in [1.807, 2.05) is 0 Å². The molecule has 1 saturated carbocycles. The van der Waals surface area contributed by atoms with Gasteiger partial charge in [-0.2, -0.15) is 0 Å². The molecule has 1 rings (SSSR count). The summed E-state index contributed by atoms with van der Waals surface area (Å²) in [6.07, 6.45) is 2.75. The van der Waals surface area contributed by atoms with Gasteiger partial charge in [-0.1, -0.05) is 6.92 Å². The summed E-state index contributed by atoms with van der Waals surface area (Å²) in [5, 5.41) is 18.1. The minimum Gasteiger partial charge on any atom is -0.481 e. The molecule has 0 aliphatic heterocycles. The van der Waals surface area contributed by atoms with Crippen LogP contribution < -0.4 is 0 Å². The lowest BCUT2D eigenvalue weighted by Gasteiger charge is -2.23. The van der Waals surface area contributed by atoms with E-state index in [0.29, 0.717) is 6.54 Å². The first-order valence-electron chi connectivity index (χ1n) is 5.74. The van der Waals surface area contributed by atoms with Crippen LogP contribution >= 0.6 is 0 Å². The van der Waals surface area contributed by atoms with Gasteiger partial charge in [0.15, 0.2) is 0 Å². The van der Waals surface area contributed by atoms with Crippen molar-refractivity contribution in [2.45, 2.75) is 38.7 Å². The van der Waals surface area contributed by atoms with E-state index < -0.39 is 12.1 Å². The molecule has 1 aliphatic carbocycles. The number of aliphatic hydroxyl groups is 1. The van der Waals surface area contributed by atoms with Crippen LogP contribution in [0.15, 0.2) is 0 Å². The average Bonchev–Trinajstić information content (AvgIpc) is 2.86. The average molecular weight is 215 g/mol. The van der Waals surface area contributed by atoms with E-state index in [1.54, 1.807) is 0 Å². The van der Waals surface area contributed by atoms with Gasteiger partial charge in [0, 0.05) is 13.1 Å². The zero-order valence-electron chi connectivity index (χ0n) is 9.35. The highest BCUT2D eigenvalue weighted by Gasteiger charge is 2.25. The van der Waals surface area contributed by atoms with Crippen molar-refractivity contribution >= 4 is 5.97 Å². The van der Waals surface area contributed by atoms with Crippen molar-refractivity contribution in [2.24, 2.45) is 5.92 Å². The van der Waals surface area contributed by atoms with Gasteiger partial charge in [-0.3, -0.25) is 4.79 Å². The van der Waals surface area contributed by atoms with E-state index in [2.05, 4.69) is 11.8 Å². The summed E-state index contributed by atoms with van der Waals surface area (Å²) >= 11 is 0. The van der Waals surface area contributed by atoms with Crippen molar-refractivity contribution < 1.29 is 15.0 Å². The monoisotopic (exact) mass is 215 g/mol.